The van der Waals surface area contributed by atoms with Crippen molar-refractivity contribution in [2.24, 2.45) is 0 Å². The van der Waals surface area contributed by atoms with Gasteiger partial charge in [0.2, 0.25) is 0 Å². The molecule has 0 aliphatic carbocycles. The predicted octanol–water partition coefficient (Wildman–Crippen LogP) is 1.14. The summed E-state index contributed by atoms with van der Waals surface area (Å²) in [6.07, 6.45) is 6.67. The van der Waals surface area contributed by atoms with Crippen LogP contribution in [0.1, 0.15) is 0 Å². The van der Waals surface area contributed by atoms with Gasteiger partial charge in [-0.3, -0.25) is 4.79 Å². The summed E-state index contributed by atoms with van der Waals surface area (Å²) >= 11 is 0. The Morgan fingerprint density at radius 1 is 1.47 bits per heavy atom. The molecule has 4 nitrogen and oxygen atoms in total. The van der Waals surface area contributed by atoms with E-state index in [-0.39, 0.29) is 12.1 Å². The molecule has 2 aromatic rings. The van der Waals surface area contributed by atoms with Gasteiger partial charge in [0.25, 0.3) is 5.56 Å². The van der Waals surface area contributed by atoms with Crippen molar-refractivity contribution in [1.82, 2.24) is 9.78 Å². The van der Waals surface area contributed by atoms with Crippen molar-refractivity contribution in [2.45, 2.75) is 6.54 Å². The molecule has 4 heteroatoms. The predicted molar refractivity (Wildman–Crippen MR) is 55.0 cm³/mol. The fourth-order valence-corrected chi connectivity index (χ4v) is 1.20. The van der Waals surface area contributed by atoms with E-state index >= 15 is 0 Å². The third-order valence-electron chi connectivity index (χ3n) is 1.88. The molecular formula is C11H8N2O2. The van der Waals surface area contributed by atoms with Gasteiger partial charge in [-0.1, -0.05) is 5.92 Å². The molecule has 0 aromatic carbocycles. The summed E-state index contributed by atoms with van der Waals surface area (Å²) in [6.45, 7) is 0.160. The Bertz CT molecular complexity index is 547. The van der Waals surface area contributed by atoms with E-state index in [1.807, 2.05) is 0 Å². The van der Waals surface area contributed by atoms with Crippen LogP contribution in [0.15, 0.2) is 39.7 Å². The van der Waals surface area contributed by atoms with Crippen LogP contribution in [0.4, 0.5) is 0 Å². The second-order valence-corrected chi connectivity index (χ2v) is 2.90. The number of aromatic nitrogens is 2. The summed E-state index contributed by atoms with van der Waals surface area (Å²) in [4.78, 5) is 11.3. The molecule has 15 heavy (non-hydrogen) atoms. The van der Waals surface area contributed by atoms with Crippen molar-refractivity contribution < 1.29 is 4.42 Å². The van der Waals surface area contributed by atoms with Gasteiger partial charge < -0.3 is 4.42 Å². The Kier molecular flexibility index (Phi) is 2.38. The summed E-state index contributed by atoms with van der Waals surface area (Å²) in [7, 11) is 0. The van der Waals surface area contributed by atoms with Crippen molar-refractivity contribution in [1.29, 1.82) is 0 Å². The van der Waals surface area contributed by atoms with Crippen molar-refractivity contribution in [2.75, 3.05) is 0 Å². The zero-order valence-electron chi connectivity index (χ0n) is 7.88. The first-order valence-electron chi connectivity index (χ1n) is 4.37. The lowest BCUT2D eigenvalue weighted by molar-refractivity contribution is 0.571. The van der Waals surface area contributed by atoms with E-state index in [9.17, 15) is 4.79 Å². The third-order valence-corrected chi connectivity index (χ3v) is 1.88. The molecule has 0 radical (unpaired) electrons. The molecule has 0 saturated carbocycles. The zero-order chi connectivity index (χ0) is 10.7. The number of rotatable bonds is 2. The molecule has 0 aliphatic rings. The van der Waals surface area contributed by atoms with E-state index in [2.05, 4.69) is 11.0 Å². The molecule has 0 unspecified atom stereocenters. The molecule has 0 N–H and O–H groups in total. The first-order chi connectivity index (χ1) is 7.31. The minimum Gasteiger partial charge on any atom is -0.463 e. The Morgan fingerprint density at radius 2 is 2.33 bits per heavy atom. The summed E-state index contributed by atoms with van der Waals surface area (Å²) in [5.41, 5.74) is 0.373. The SMILES string of the molecule is C#CCn1nc(-c2ccco2)ccc1=O. The maximum atomic E-state index is 11.3. The molecule has 0 fully saturated rings. The van der Waals surface area contributed by atoms with Gasteiger partial charge in [-0.25, -0.2) is 4.68 Å². The highest BCUT2D eigenvalue weighted by molar-refractivity contribution is 5.50. The average molecular weight is 200 g/mol. The zero-order valence-corrected chi connectivity index (χ0v) is 7.88. The first kappa shape index (κ1) is 9.28. The second kappa shape index (κ2) is 3.84. The van der Waals surface area contributed by atoms with Crippen LogP contribution in [0.25, 0.3) is 11.5 Å². The van der Waals surface area contributed by atoms with Crippen LogP contribution in [-0.2, 0) is 6.54 Å². The quantitative estimate of drug-likeness (QED) is 0.683. The lowest BCUT2D eigenvalue weighted by Gasteiger charge is -2.00. The minimum atomic E-state index is -0.219. The molecule has 74 valence electrons. The average Bonchev–Trinajstić information content (AvgIpc) is 2.75. The molecular weight excluding hydrogens is 192 g/mol. The smallest absolute Gasteiger partial charge is 0.267 e. The molecule has 0 amide bonds. The van der Waals surface area contributed by atoms with Crippen molar-refractivity contribution in [3.05, 3.63) is 40.9 Å². The van der Waals surface area contributed by atoms with Crippen molar-refractivity contribution in [3.8, 4) is 23.8 Å². The van der Waals surface area contributed by atoms with Gasteiger partial charge in [0.1, 0.15) is 12.2 Å². The summed E-state index contributed by atoms with van der Waals surface area (Å²) < 4.78 is 6.38. The van der Waals surface area contributed by atoms with Gasteiger partial charge in [0.15, 0.2) is 5.76 Å². The van der Waals surface area contributed by atoms with Crippen LogP contribution in [0.3, 0.4) is 0 Å². The first-order valence-corrected chi connectivity index (χ1v) is 4.37. The van der Waals surface area contributed by atoms with Gasteiger partial charge >= 0.3 is 0 Å². The third kappa shape index (κ3) is 1.81. The number of nitrogens with zero attached hydrogens (tertiary/aromatic N) is 2. The summed E-state index contributed by atoms with van der Waals surface area (Å²) in [5.74, 6) is 2.98. The fraction of sp³-hybridized carbons (Fsp3) is 0.0909. The van der Waals surface area contributed by atoms with Crippen LogP contribution < -0.4 is 5.56 Å². The Labute approximate surface area is 86.2 Å². The van der Waals surface area contributed by atoms with E-state index in [0.717, 1.165) is 0 Å². The maximum Gasteiger partial charge on any atom is 0.267 e. The Hall–Kier alpha value is -2.28. The van der Waals surface area contributed by atoms with E-state index in [0.29, 0.717) is 11.5 Å². The van der Waals surface area contributed by atoms with Crippen LogP contribution in [0.2, 0.25) is 0 Å². The van der Waals surface area contributed by atoms with Gasteiger partial charge in [-0.15, -0.1) is 6.42 Å². The van der Waals surface area contributed by atoms with Crippen LogP contribution in [0, 0.1) is 12.3 Å². The van der Waals surface area contributed by atoms with E-state index in [1.165, 1.54) is 10.7 Å². The summed E-state index contributed by atoms with van der Waals surface area (Å²) in [5, 5.41) is 4.07. The van der Waals surface area contributed by atoms with Crippen LogP contribution >= 0.6 is 0 Å². The molecule has 0 bridgehead atoms. The van der Waals surface area contributed by atoms with Crippen LogP contribution in [-0.4, -0.2) is 9.78 Å². The number of hydrogen-bond donors (Lipinski definition) is 0. The molecule has 2 rings (SSSR count). The monoisotopic (exact) mass is 200 g/mol. The molecule has 0 atom stereocenters. The van der Waals surface area contributed by atoms with Crippen molar-refractivity contribution in [3.63, 3.8) is 0 Å². The molecule has 0 aliphatic heterocycles. The largest absolute Gasteiger partial charge is 0.463 e. The van der Waals surface area contributed by atoms with Gasteiger partial charge in [-0.2, -0.15) is 5.10 Å². The highest BCUT2D eigenvalue weighted by Crippen LogP contribution is 2.14. The summed E-state index contributed by atoms with van der Waals surface area (Å²) in [6, 6.07) is 6.55. The number of hydrogen-bond acceptors (Lipinski definition) is 3. The maximum absolute atomic E-state index is 11.3. The Balaban J connectivity index is 2.48. The Morgan fingerprint density at radius 3 is 3.00 bits per heavy atom. The van der Waals surface area contributed by atoms with Crippen LogP contribution in [0.5, 0.6) is 0 Å². The number of furan rings is 1. The van der Waals surface area contributed by atoms with Gasteiger partial charge in [0.05, 0.1) is 6.26 Å². The second-order valence-electron chi connectivity index (χ2n) is 2.90. The van der Waals surface area contributed by atoms with E-state index < -0.39 is 0 Å². The van der Waals surface area contributed by atoms with Crippen molar-refractivity contribution >= 4 is 0 Å². The highest BCUT2D eigenvalue weighted by atomic mass is 16.3. The van der Waals surface area contributed by atoms with Gasteiger partial charge in [0, 0.05) is 6.07 Å². The standard InChI is InChI=1S/C11H8N2O2/c1-2-7-13-11(14)6-5-9(12-13)10-4-3-8-15-10/h1,3-6,8H,7H2. The van der Waals surface area contributed by atoms with E-state index in [1.54, 1.807) is 24.5 Å². The molecule has 2 heterocycles. The molecule has 0 spiro atoms. The lowest BCUT2D eigenvalue weighted by atomic mass is 10.3. The molecule has 2 aromatic heterocycles. The lowest BCUT2D eigenvalue weighted by Crippen LogP contribution is -2.21. The number of terminal acetylenes is 1. The molecule has 0 saturated heterocycles. The highest BCUT2D eigenvalue weighted by Gasteiger charge is 2.04. The normalized spacial score (nSPS) is 9.80. The van der Waals surface area contributed by atoms with Gasteiger partial charge in [-0.05, 0) is 18.2 Å². The minimum absolute atomic E-state index is 0.160. The van der Waals surface area contributed by atoms with E-state index in [4.69, 9.17) is 10.8 Å². The fourth-order valence-electron chi connectivity index (χ4n) is 1.20. The topological polar surface area (TPSA) is 48.0 Å².